The summed E-state index contributed by atoms with van der Waals surface area (Å²) in [6, 6.07) is 21.3. The Labute approximate surface area is 220 Å². The molecule has 0 spiro atoms. The van der Waals surface area contributed by atoms with Gasteiger partial charge in [0.1, 0.15) is 11.5 Å². The minimum atomic E-state index is 0.671. The van der Waals surface area contributed by atoms with Gasteiger partial charge < -0.3 is 19.2 Å². The highest BCUT2D eigenvalue weighted by Gasteiger charge is 2.11. The molecular weight excluding hydrogens is 460 g/mol. The molecule has 1 fully saturated rings. The SMILES string of the molecule is Cc1cc(OCCCc2c[nH]c3c(-c4ccccc4C)cccc23)cc(OCCCN2CCOCC2)c1. The van der Waals surface area contributed by atoms with Crippen LogP contribution >= 0.6 is 0 Å². The Balaban J connectivity index is 1.13. The number of fused-ring (bicyclic) bond motifs is 1. The smallest absolute Gasteiger partial charge is 0.123 e. The lowest BCUT2D eigenvalue weighted by molar-refractivity contribution is 0.0358. The molecule has 0 aliphatic carbocycles. The van der Waals surface area contributed by atoms with Crippen molar-refractivity contribution in [2.75, 3.05) is 46.1 Å². The van der Waals surface area contributed by atoms with E-state index in [9.17, 15) is 0 Å². The molecule has 0 radical (unpaired) electrons. The van der Waals surface area contributed by atoms with Crippen LogP contribution in [0.4, 0.5) is 0 Å². The lowest BCUT2D eigenvalue weighted by atomic mass is 9.97. The minimum absolute atomic E-state index is 0.671. The van der Waals surface area contributed by atoms with Gasteiger partial charge in [-0.2, -0.15) is 0 Å². The molecular formula is C32H38N2O3. The Morgan fingerprint density at radius 2 is 1.57 bits per heavy atom. The van der Waals surface area contributed by atoms with E-state index in [-0.39, 0.29) is 0 Å². The predicted molar refractivity (Wildman–Crippen MR) is 151 cm³/mol. The second kappa shape index (κ2) is 12.3. The van der Waals surface area contributed by atoms with Crippen molar-refractivity contribution in [1.82, 2.24) is 9.88 Å². The van der Waals surface area contributed by atoms with Crippen LogP contribution < -0.4 is 9.47 Å². The zero-order valence-electron chi connectivity index (χ0n) is 22.1. The predicted octanol–water partition coefficient (Wildman–Crippen LogP) is 6.56. The van der Waals surface area contributed by atoms with Crippen molar-refractivity contribution in [3.05, 3.63) is 83.6 Å². The van der Waals surface area contributed by atoms with Crippen molar-refractivity contribution in [2.45, 2.75) is 33.1 Å². The zero-order chi connectivity index (χ0) is 25.5. The normalized spacial score (nSPS) is 14.2. The Bertz CT molecular complexity index is 1310. The number of aromatic nitrogens is 1. The molecule has 0 atom stereocenters. The van der Waals surface area contributed by atoms with Crippen LogP contribution in [0.5, 0.6) is 11.5 Å². The van der Waals surface area contributed by atoms with E-state index in [0.29, 0.717) is 13.2 Å². The molecule has 37 heavy (non-hydrogen) atoms. The van der Waals surface area contributed by atoms with Gasteiger partial charge in [-0.15, -0.1) is 0 Å². The lowest BCUT2D eigenvalue weighted by Crippen LogP contribution is -2.37. The van der Waals surface area contributed by atoms with Crippen LogP contribution in [-0.2, 0) is 11.2 Å². The summed E-state index contributed by atoms with van der Waals surface area (Å²) in [5.41, 5.74) is 7.53. The Kier molecular flexibility index (Phi) is 8.44. The maximum atomic E-state index is 6.14. The molecule has 0 unspecified atom stereocenters. The number of hydrogen-bond acceptors (Lipinski definition) is 4. The van der Waals surface area contributed by atoms with Crippen molar-refractivity contribution in [3.8, 4) is 22.6 Å². The summed E-state index contributed by atoms with van der Waals surface area (Å²) < 4.78 is 17.6. The Morgan fingerprint density at radius 1 is 0.838 bits per heavy atom. The second-order valence-electron chi connectivity index (χ2n) is 9.95. The minimum Gasteiger partial charge on any atom is -0.493 e. The van der Waals surface area contributed by atoms with Gasteiger partial charge in [0.15, 0.2) is 0 Å². The summed E-state index contributed by atoms with van der Waals surface area (Å²) in [7, 11) is 0. The first-order valence-electron chi connectivity index (χ1n) is 13.5. The molecule has 3 aromatic carbocycles. The first kappa shape index (κ1) is 25.4. The fourth-order valence-corrected chi connectivity index (χ4v) is 5.16. The third kappa shape index (κ3) is 6.54. The molecule has 5 rings (SSSR count). The number of hydrogen-bond donors (Lipinski definition) is 1. The number of para-hydroxylation sites is 1. The lowest BCUT2D eigenvalue weighted by Gasteiger charge is -2.26. The number of aryl methyl sites for hydroxylation is 3. The number of morpholine rings is 1. The molecule has 5 nitrogen and oxygen atoms in total. The van der Waals surface area contributed by atoms with Gasteiger partial charge in [-0.25, -0.2) is 0 Å². The van der Waals surface area contributed by atoms with Gasteiger partial charge in [-0.05, 0) is 67.5 Å². The monoisotopic (exact) mass is 498 g/mol. The molecule has 1 aliphatic rings. The van der Waals surface area contributed by atoms with Crippen molar-refractivity contribution >= 4 is 10.9 Å². The standard InChI is InChI=1S/C32H38N2O3/c1-24-20-27(22-28(21-24)37-17-7-13-34-14-18-35-19-15-34)36-16-6-9-26-23-33-32-30(26)11-5-12-31(32)29-10-4-3-8-25(29)2/h3-5,8,10-12,20-23,33H,6-7,9,13-19H2,1-2H3. The topological polar surface area (TPSA) is 46.7 Å². The average Bonchev–Trinajstić information content (AvgIpc) is 3.33. The summed E-state index contributed by atoms with van der Waals surface area (Å²) in [6.07, 6.45) is 5.08. The summed E-state index contributed by atoms with van der Waals surface area (Å²) in [5, 5.41) is 1.30. The van der Waals surface area contributed by atoms with E-state index >= 15 is 0 Å². The van der Waals surface area contributed by atoms with Crippen LogP contribution in [0.25, 0.3) is 22.0 Å². The number of ether oxygens (including phenoxy) is 3. The molecule has 1 aromatic heterocycles. The van der Waals surface area contributed by atoms with Crippen molar-refractivity contribution in [1.29, 1.82) is 0 Å². The summed E-state index contributed by atoms with van der Waals surface area (Å²) in [5.74, 6) is 1.77. The van der Waals surface area contributed by atoms with E-state index in [4.69, 9.17) is 14.2 Å². The van der Waals surface area contributed by atoms with Crippen LogP contribution in [0.1, 0.15) is 29.5 Å². The molecule has 0 saturated carbocycles. The van der Waals surface area contributed by atoms with Gasteiger partial charge in [0, 0.05) is 42.8 Å². The number of rotatable bonds is 11. The molecule has 0 amide bonds. The van der Waals surface area contributed by atoms with E-state index in [0.717, 1.165) is 69.2 Å². The van der Waals surface area contributed by atoms with E-state index in [1.807, 2.05) is 6.07 Å². The van der Waals surface area contributed by atoms with Gasteiger partial charge in [0.2, 0.25) is 0 Å². The molecule has 0 bridgehead atoms. The van der Waals surface area contributed by atoms with E-state index < -0.39 is 0 Å². The number of H-pyrrole nitrogens is 1. The van der Waals surface area contributed by atoms with E-state index in [1.165, 1.54) is 33.2 Å². The maximum Gasteiger partial charge on any atom is 0.123 e. The molecule has 1 saturated heterocycles. The van der Waals surface area contributed by atoms with Gasteiger partial charge >= 0.3 is 0 Å². The molecule has 1 aliphatic heterocycles. The van der Waals surface area contributed by atoms with Crippen LogP contribution in [0.15, 0.2) is 66.9 Å². The maximum absolute atomic E-state index is 6.14. The average molecular weight is 499 g/mol. The van der Waals surface area contributed by atoms with Crippen molar-refractivity contribution in [2.24, 2.45) is 0 Å². The van der Waals surface area contributed by atoms with Crippen LogP contribution in [0.3, 0.4) is 0 Å². The molecule has 1 N–H and O–H groups in total. The van der Waals surface area contributed by atoms with Crippen molar-refractivity contribution < 1.29 is 14.2 Å². The van der Waals surface area contributed by atoms with Crippen LogP contribution in [-0.4, -0.2) is 55.9 Å². The largest absolute Gasteiger partial charge is 0.493 e. The first-order chi connectivity index (χ1) is 18.2. The van der Waals surface area contributed by atoms with Crippen molar-refractivity contribution in [3.63, 3.8) is 0 Å². The highest BCUT2D eigenvalue weighted by molar-refractivity contribution is 5.96. The second-order valence-corrected chi connectivity index (χ2v) is 9.95. The number of nitrogens with one attached hydrogen (secondary N) is 1. The number of benzene rings is 3. The van der Waals surface area contributed by atoms with E-state index in [1.54, 1.807) is 0 Å². The molecule has 5 heteroatoms. The fraction of sp³-hybridized carbons (Fsp3) is 0.375. The number of aromatic amines is 1. The summed E-state index contributed by atoms with van der Waals surface area (Å²) in [4.78, 5) is 5.97. The van der Waals surface area contributed by atoms with Gasteiger partial charge in [0.25, 0.3) is 0 Å². The third-order valence-corrected chi connectivity index (χ3v) is 7.11. The fourth-order valence-electron chi connectivity index (χ4n) is 5.16. The van der Waals surface area contributed by atoms with E-state index in [2.05, 4.69) is 84.5 Å². The van der Waals surface area contributed by atoms with Crippen LogP contribution in [0.2, 0.25) is 0 Å². The van der Waals surface area contributed by atoms with Crippen LogP contribution in [0, 0.1) is 13.8 Å². The quantitative estimate of drug-likeness (QED) is 0.238. The Morgan fingerprint density at radius 3 is 2.35 bits per heavy atom. The van der Waals surface area contributed by atoms with Gasteiger partial charge in [-0.3, -0.25) is 4.90 Å². The molecule has 4 aromatic rings. The van der Waals surface area contributed by atoms with Gasteiger partial charge in [-0.1, -0.05) is 42.5 Å². The zero-order valence-corrected chi connectivity index (χ0v) is 22.1. The van der Waals surface area contributed by atoms with Gasteiger partial charge in [0.05, 0.1) is 31.9 Å². The number of nitrogens with zero attached hydrogens (tertiary/aromatic N) is 1. The first-order valence-corrected chi connectivity index (χ1v) is 13.5. The Hall–Kier alpha value is -3.28. The highest BCUT2D eigenvalue weighted by atomic mass is 16.5. The third-order valence-electron chi connectivity index (χ3n) is 7.11. The summed E-state index contributed by atoms with van der Waals surface area (Å²) >= 11 is 0. The molecule has 2 heterocycles. The highest BCUT2D eigenvalue weighted by Crippen LogP contribution is 2.32. The molecule has 194 valence electrons. The summed E-state index contributed by atoms with van der Waals surface area (Å²) in [6.45, 7) is 10.4.